The second-order valence-electron chi connectivity index (χ2n) is 5.18. The summed E-state index contributed by atoms with van der Waals surface area (Å²) in [5, 5.41) is 13.6. The van der Waals surface area contributed by atoms with Crippen LogP contribution in [0.3, 0.4) is 0 Å². The minimum atomic E-state index is -1.01. The Balaban J connectivity index is 1.66. The van der Waals surface area contributed by atoms with Gasteiger partial charge in [-0.25, -0.2) is 4.39 Å². The Morgan fingerprint density at radius 1 is 1.26 bits per heavy atom. The van der Waals surface area contributed by atoms with Crippen molar-refractivity contribution in [1.29, 1.82) is 0 Å². The molecular weight excluding hydrogens is 319 g/mol. The van der Waals surface area contributed by atoms with Gasteiger partial charge in [0.2, 0.25) is 0 Å². The Labute approximate surface area is 136 Å². The van der Waals surface area contributed by atoms with Crippen LogP contribution in [0.25, 0.3) is 10.9 Å². The fourth-order valence-electron chi connectivity index (χ4n) is 2.32. The first kappa shape index (κ1) is 15.5. The molecule has 4 nitrogen and oxygen atoms in total. The summed E-state index contributed by atoms with van der Waals surface area (Å²) in [5.41, 5.74) is 1.79. The lowest BCUT2D eigenvalue weighted by molar-refractivity contribution is 0.0916. The van der Waals surface area contributed by atoms with Gasteiger partial charge in [-0.2, -0.15) is 0 Å². The molecule has 23 heavy (non-hydrogen) atoms. The summed E-state index contributed by atoms with van der Waals surface area (Å²) in [7, 11) is 0. The van der Waals surface area contributed by atoms with Crippen molar-refractivity contribution in [1.82, 2.24) is 10.3 Å². The van der Waals surface area contributed by atoms with E-state index >= 15 is 0 Å². The van der Waals surface area contributed by atoms with E-state index in [1.807, 2.05) is 12.1 Å². The number of H-pyrrole nitrogens is 1. The maximum absolute atomic E-state index is 13.4. The minimum Gasteiger partial charge on any atom is -0.387 e. The number of carbonyl (C=O) groups excluding carboxylic acids is 1. The second-order valence-corrected chi connectivity index (χ2v) is 5.59. The molecule has 3 rings (SSSR count). The minimum absolute atomic E-state index is 0.00945. The normalized spacial score (nSPS) is 12.3. The molecule has 0 saturated heterocycles. The maximum atomic E-state index is 13.4. The summed E-state index contributed by atoms with van der Waals surface area (Å²) >= 11 is 5.60. The average Bonchev–Trinajstić information content (AvgIpc) is 3.02. The monoisotopic (exact) mass is 332 g/mol. The van der Waals surface area contributed by atoms with E-state index in [9.17, 15) is 14.3 Å². The predicted molar refractivity (Wildman–Crippen MR) is 87.0 cm³/mol. The number of aliphatic hydroxyl groups excluding tert-OH is 1. The Kier molecular flexibility index (Phi) is 4.32. The molecule has 6 heteroatoms. The van der Waals surface area contributed by atoms with Gasteiger partial charge in [0.15, 0.2) is 0 Å². The molecule has 0 aliphatic rings. The number of aromatic nitrogens is 1. The summed E-state index contributed by atoms with van der Waals surface area (Å²) in [6.07, 6.45) is 0.785. The Morgan fingerprint density at radius 2 is 2.09 bits per heavy atom. The number of fused-ring (bicyclic) bond motifs is 1. The number of nitrogens with one attached hydrogen (secondary N) is 2. The SMILES string of the molecule is O=C(NCC(O)c1ccc(Cl)c(F)c1)c1ccc2[nH]ccc2c1. The van der Waals surface area contributed by atoms with Crippen molar-refractivity contribution >= 4 is 28.4 Å². The van der Waals surface area contributed by atoms with Crippen molar-refractivity contribution in [3.05, 3.63) is 70.6 Å². The van der Waals surface area contributed by atoms with E-state index in [1.54, 1.807) is 18.3 Å². The molecular formula is C17H14ClFN2O2. The van der Waals surface area contributed by atoms with E-state index in [2.05, 4.69) is 10.3 Å². The number of carbonyl (C=O) groups is 1. The summed E-state index contributed by atoms with van der Waals surface area (Å²) in [5.74, 6) is -0.908. The first-order valence-corrected chi connectivity index (χ1v) is 7.41. The van der Waals surface area contributed by atoms with Crippen molar-refractivity contribution in [3.63, 3.8) is 0 Å². The van der Waals surface area contributed by atoms with Crippen molar-refractivity contribution in [3.8, 4) is 0 Å². The first-order valence-electron chi connectivity index (χ1n) is 7.03. The van der Waals surface area contributed by atoms with Crippen LogP contribution in [-0.4, -0.2) is 22.5 Å². The zero-order valence-corrected chi connectivity index (χ0v) is 12.8. The van der Waals surface area contributed by atoms with E-state index in [0.717, 1.165) is 17.0 Å². The molecule has 0 aliphatic carbocycles. The Morgan fingerprint density at radius 3 is 2.87 bits per heavy atom. The van der Waals surface area contributed by atoms with Crippen LogP contribution in [0.2, 0.25) is 5.02 Å². The standard InChI is InChI=1S/C17H14ClFN2O2/c18-13-3-1-11(8-14(13)19)16(22)9-21-17(23)12-2-4-15-10(7-12)5-6-20-15/h1-8,16,20,22H,9H2,(H,21,23). The van der Waals surface area contributed by atoms with Crippen LogP contribution in [0.15, 0.2) is 48.7 Å². The number of aliphatic hydroxyl groups is 1. The predicted octanol–water partition coefficient (Wildman–Crippen LogP) is 3.42. The highest BCUT2D eigenvalue weighted by atomic mass is 35.5. The number of benzene rings is 2. The Hall–Kier alpha value is -2.37. The smallest absolute Gasteiger partial charge is 0.251 e. The molecule has 1 heterocycles. The highest BCUT2D eigenvalue weighted by Gasteiger charge is 2.13. The quantitative estimate of drug-likeness (QED) is 0.685. The molecule has 0 saturated carbocycles. The fraction of sp³-hybridized carbons (Fsp3) is 0.118. The number of hydrogen-bond donors (Lipinski definition) is 3. The summed E-state index contributed by atoms with van der Waals surface area (Å²) in [6, 6.07) is 11.2. The van der Waals surface area contributed by atoms with Gasteiger partial charge in [0, 0.05) is 29.2 Å². The third-order valence-corrected chi connectivity index (χ3v) is 3.91. The van der Waals surface area contributed by atoms with Gasteiger partial charge >= 0.3 is 0 Å². The number of aromatic amines is 1. The molecule has 0 bridgehead atoms. The van der Waals surface area contributed by atoms with Crippen LogP contribution in [0.5, 0.6) is 0 Å². The van der Waals surface area contributed by atoms with Gasteiger partial charge in [-0.3, -0.25) is 4.79 Å². The van der Waals surface area contributed by atoms with Crippen LogP contribution in [-0.2, 0) is 0 Å². The number of halogens is 2. The molecule has 1 atom stereocenters. The molecule has 0 spiro atoms. The highest BCUT2D eigenvalue weighted by Crippen LogP contribution is 2.20. The van der Waals surface area contributed by atoms with Gasteiger partial charge in [-0.1, -0.05) is 17.7 Å². The molecule has 0 fully saturated rings. The van der Waals surface area contributed by atoms with E-state index < -0.39 is 11.9 Å². The van der Waals surface area contributed by atoms with Gasteiger partial charge in [-0.15, -0.1) is 0 Å². The van der Waals surface area contributed by atoms with Crippen LogP contribution in [0, 0.1) is 5.82 Å². The van der Waals surface area contributed by atoms with Gasteiger partial charge in [0.25, 0.3) is 5.91 Å². The molecule has 1 unspecified atom stereocenters. The van der Waals surface area contributed by atoms with E-state index in [1.165, 1.54) is 12.1 Å². The van der Waals surface area contributed by atoms with Gasteiger partial charge in [0.1, 0.15) is 5.82 Å². The van der Waals surface area contributed by atoms with Crippen molar-refractivity contribution in [2.24, 2.45) is 0 Å². The molecule has 1 amide bonds. The molecule has 3 N–H and O–H groups in total. The third-order valence-electron chi connectivity index (χ3n) is 3.60. The molecule has 0 aliphatic heterocycles. The Bertz CT molecular complexity index is 863. The molecule has 3 aromatic rings. The van der Waals surface area contributed by atoms with Crippen molar-refractivity contribution in [2.75, 3.05) is 6.54 Å². The topological polar surface area (TPSA) is 65.1 Å². The first-order chi connectivity index (χ1) is 11.0. The number of hydrogen-bond acceptors (Lipinski definition) is 2. The summed E-state index contributed by atoms with van der Waals surface area (Å²) in [4.78, 5) is 15.2. The zero-order chi connectivity index (χ0) is 16.4. The maximum Gasteiger partial charge on any atom is 0.251 e. The lowest BCUT2D eigenvalue weighted by atomic mass is 10.1. The molecule has 1 aromatic heterocycles. The van der Waals surface area contributed by atoms with Gasteiger partial charge in [0.05, 0.1) is 11.1 Å². The van der Waals surface area contributed by atoms with Crippen molar-refractivity contribution in [2.45, 2.75) is 6.10 Å². The third kappa shape index (κ3) is 3.36. The highest BCUT2D eigenvalue weighted by molar-refractivity contribution is 6.30. The van der Waals surface area contributed by atoms with Crippen LogP contribution >= 0.6 is 11.6 Å². The summed E-state index contributed by atoms with van der Waals surface area (Å²) in [6.45, 7) is -0.0227. The zero-order valence-electron chi connectivity index (χ0n) is 12.0. The number of amides is 1. The average molecular weight is 333 g/mol. The van der Waals surface area contributed by atoms with Crippen LogP contribution in [0.1, 0.15) is 22.0 Å². The van der Waals surface area contributed by atoms with Crippen LogP contribution in [0.4, 0.5) is 4.39 Å². The second kappa shape index (κ2) is 6.40. The molecule has 0 radical (unpaired) electrons. The molecule has 118 valence electrons. The number of rotatable bonds is 4. The van der Waals surface area contributed by atoms with Crippen LogP contribution < -0.4 is 5.32 Å². The van der Waals surface area contributed by atoms with E-state index in [4.69, 9.17) is 11.6 Å². The summed E-state index contributed by atoms with van der Waals surface area (Å²) < 4.78 is 13.4. The largest absolute Gasteiger partial charge is 0.387 e. The van der Waals surface area contributed by atoms with Crippen molar-refractivity contribution < 1.29 is 14.3 Å². The van der Waals surface area contributed by atoms with E-state index in [0.29, 0.717) is 11.1 Å². The van der Waals surface area contributed by atoms with Gasteiger partial charge in [-0.05, 0) is 42.0 Å². The molecule has 2 aromatic carbocycles. The van der Waals surface area contributed by atoms with Gasteiger partial charge < -0.3 is 15.4 Å². The lowest BCUT2D eigenvalue weighted by Crippen LogP contribution is -2.28. The lowest BCUT2D eigenvalue weighted by Gasteiger charge is -2.13. The van der Waals surface area contributed by atoms with E-state index in [-0.39, 0.29) is 17.5 Å². The fourth-order valence-corrected chi connectivity index (χ4v) is 2.44.